The highest BCUT2D eigenvalue weighted by Gasteiger charge is 2.40. The second kappa shape index (κ2) is 10.6. The molecule has 0 saturated carbocycles. The van der Waals surface area contributed by atoms with Gasteiger partial charge in [0.25, 0.3) is 0 Å². The lowest BCUT2D eigenvalue weighted by Gasteiger charge is -2.45. The summed E-state index contributed by atoms with van der Waals surface area (Å²) in [5.41, 5.74) is 1.32. The van der Waals surface area contributed by atoms with E-state index in [-0.39, 0.29) is 69.6 Å². The van der Waals surface area contributed by atoms with Crippen LogP contribution in [-0.2, 0) is 4.79 Å². The SMILES string of the molecule is C=CC(=O)N1CC(C)N2c3nc(=O)n(-c4c(C)ccnc4C(C)C)c4nc(-c5c(O)cccc5Cl)c(F)c(c34)NCC2C1. The number of carbonyl (C=O) groups excluding carboxylic acids is 1. The Bertz CT molecular complexity index is 1850. The van der Waals surface area contributed by atoms with Crippen molar-refractivity contribution in [3.63, 3.8) is 0 Å². The van der Waals surface area contributed by atoms with Crippen LogP contribution in [0.3, 0.4) is 0 Å². The fourth-order valence-electron chi connectivity index (χ4n) is 6.22. The van der Waals surface area contributed by atoms with Gasteiger partial charge in [-0.3, -0.25) is 9.78 Å². The van der Waals surface area contributed by atoms with E-state index in [4.69, 9.17) is 16.6 Å². The molecule has 0 spiro atoms. The van der Waals surface area contributed by atoms with Crippen LogP contribution in [0.1, 0.15) is 37.9 Å². The number of rotatable bonds is 4. The molecule has 2 aliphatic heterocycles. The van der Waals surface area contributed by atoms with Gasteiger partial charge < -0.3 is 20.2 Å². The molecule has 2 N–H and O–H groups in total. The number of aromatic hydroxyl groups is 1. The average molecular weight is 604 g/mol. The summed E-state index contributed by atoms with van der Waals surface area (Å²) in [4.78, 5) is 44.3. The van der Waals surface area contributed by atoms with Crippen LogP contribution in [0.15, 0.2) is 47.9 Å². The number of phenols is 1. The van der Waals surface area contributed by atoms with Crippen molar-refractivity contribution in [2.45, 2.75) is 45.7 Å². The van der Waals surface area contributed by atoms with Crippen LogP contribution in [-0.4, -0.2) is 67.2 Å². The van der Waals surface area contributed by atoms with E-state index in [2.05, 4.69) is 21.9 Å². The summed E-state index contributed by atoms with van der Waals surface area (Å²) >= 11 is 6.49. The number of hydrogen-bond donors (Lipinski definition) is 2. The number of nitrogens with one attached hydrogen (secondary N) is 1. The topological polar surface area (TPSA) is 116 Å². The minimum Gasteiger partial charge on any atom is -0.507 e. The number of halogens is 2. The molecule has 1 saturated heterocycles. The van der Waals surface area contributed by atoms with Crippen LogP contribution in [0.2, 0.25) is 5.02 Å². The number of fused-ring (bicyclic) bond motifs is 2. The molecule has 3 aromatic heterocycles. The van der Waals surface area contributed by atoms with E-state index in [1.165, 1.54) is 22.8 Å². The number of carbonyl (C=O) groups is 1. The Morgan fingerprint density at radius 2 is 2.02 bits per heavy atom. The highest BCUT2D eigenvalue weighted by molar-refractivity contribution is 6.33. The molecule has 6 rings (SSSR count). The first-order valence-corrected chi connectivity index (χ1v) is 14.4. The highest BCUT2D eigenvalue weighted by atomic mass is 35.5. The van der Waals surface area contributed by atoms with Gasteiger partial charge in [0.2, 0.25) is 5.91 Å². The Labute approximate surface area is 252 Å². The summed E-state index contributed by atoms with van der Waals surface area (Å²) in [6.07, 6.45) is 2.95. The number of nitrogens with zero attached hydrogens (tertiary/aromatic N) is 6. The zero-order chi connectivity index (χ0) is 30.7. The molecule has 1 amide bonds. The van der Waals surface area contributed by atoms with Crippen molar-refractivity contribution in [3.05, 3.63) is 75.7 Å². The van der Waals surface area contributed by atoms with Crippen LogP contribution in [0.4, 0.5) is 15.9 Å². The number of aromatic nitrogens is 4. The predicted molar refractivity (Wildman–Crippen MR) is 165 cm³/mol. The van der Waals surface area contributed by atoms with Gasteiger partial charge >= 0.3 is 5.69 Å². The minimum atomic E-state index is -0.748. The lowest BCUT2D eigenvalue weighted by atomic mass is 10.0. The Kier molecular flexibility index (Phi) is 7.08. The van der Waals surface area contributed by atoms with Crippen LogP contribution in [0.5, 0.6) is 5.75 Å². The van der Waals surface area contributed by atoms with Gasteiger partial charge in [-0.15, -0.1) is 0 Å². The molecule has 12 heteroatoms. The number of aryl methyl sites for hydroxylation is 1. The molecule has 4 aromatic rings. The molecule has 0 radical (unpaired) electrons. The molecule has 2 atom stereocenters. The Morgan fingerprint density at radius 3 is 2.72 bits per heavy atom. The van der Waals surface area contributed by atoms with Gasteiger partial charge in [0.05, 0.1) is 39.1 Å². The third-order valence-electron chi connectivity index (χ3n) is 8.13. The molecule has 1 aromatic carbocycles. The quantitative estimate of drug-likeness (QED) is 0.320. The van der Waals surface area contributed by atoms with E-state index in [1.807, 2.05) is 32.6 Å². The van der Waals surface area contributed by atoms with Crippen molar-refractivity contribution in [1.29, 1.82) is 0 Å². The van der Waals surface area contributed by atoms with Crippen LogP contribution >= 0.6 is 11.6 Å². The average Bonchev–Trinajstić information content (AvgIpc) is 3.13. The number of piperazine rings is 1. The highest BCUT2D eigenvalue weighted by Crippen LogP contribution is 2.44. The molecule has 10 nitrogen and oxygen atoms in total. The summed E-state index contributed by atoms with van der Waals surface area (Å²) < 4.78 is 18.1. The fraction of sp³-hybridized carbons (Fsp3) is 0.323. The first kappa shape index (κ1) is 28.6. The number of anilines is 2. The number of hydrogen-bond acceptors (Lipinski definition) is 8. The summed E-state index contributed by atoms with van der Waals surface area (Å²) in [5, 5.41) is 14.4. The van der Waals surface area contributed by atoms with Crippen molar-refractivity contribution < 1.29 is 14.3 Å². The maximum absolute atomic E-state index is 16.7. The zero-order valence-corrected chi connectivity index (χ0v) is 25.0. The van der Waals surface area contributed by atoms with E-state index in [0.29, 0.717) is 29.9 Å². The maximum atomic E-state index is 16.7. The van der Waals surface area contributed by atoms with Gasteiger partial charge in [0.1, 0.15) is 17.3 Å². The van der Waals surface area contributed by atoms with Crippen molar-refractivity contribution in [2.24, 2.45) is 0 Å². The third-order valence-corrected chi connectivity index (χ3v) is 8.44. The van der Waals surface area contributed by atoms with Gasteiger partial charge in [-0.2, -0.15) is 4.98 Å². The first-order chi connectivity index (χ1) is 20.5. The van der Waals surface area contributed by atoms with Crippen LogP contribution in [0, 0.1) is 12.7 Å². The monoisotopic (exact) mass is 603 g/mol. The number of amides is 1. The molecule has 2 unspecified atom stereocenters. The largest absolute Gasteiger partial charge is 0.507 e. The second-order valence-corrected chi connectivity index (χ2v) is 11.7. The minimum absolute atomic E-state index is 0.00376. The molecular formula is C31H31ClFN7O3. The molecule has 5 heterocycles. The Morgan fingerprint density at radius 1 is 1.26 bits per heavy atom. The van der Waals surface area contributed by atoms with E-state index in [1.54, 1.807) is 23.2 Å². The van der Waals surface area contributed by atoms with Gasteiger partial charge in [-0.1, -0.05) is 38.1 Å². The summed E-state index contributed by atoms with van der Waals surface area (Å²) in [6, 6.07) is 5.68. The molecule has 1 fully saturated rings. The smallest absolute Gasteiger partial charge is 0.355 e. The van der Waals surface area contributed by atoms with E-state index >= 15 is 4.39 Å². The van der Waals surface area contributed by atoms with Gasteiger partial charge in [-0.05, 0) is 49.6 Å². The molecule has 0 aliphatic carbocycles. The predicted octanol–water partition coefficient (Wildman–Crippen LogP) is 4.79. The molecule has 0 bridgehead atoms. The van der Waals surface area contributed by atoms with E-state index < -0.39 is 11.5 Å². The van der Waals surface area contributed by atoms with Crippen molar-refractivity contribution in [2.75, 3.05) is 29.9 Å². The van der Waals surface area contributed by atoms with Gasteiger partial charge in [0.15, 0.2) is 11.5 Å². The second-order valence-electron chi connectivity index (χ2n) is 11.3. The Hall–Kier alpha value is -4.51. The van der Waals surface area contributed by atoms with Crippen molar-refractivity contribution >= 4 is 40.0 Å². The van der Waals surface area contributed by atoms with Crippen molar-refractivity contribution in [1.82, 2.24) is 24.4 Å². The van der Waals surface area contributed by atoms with Crippen LogP contribution < -0.4 is 15.9 Å². The fourth-order valence-corrected chi connectivity index (χ4v) is 6.48. The van der Waals surface area contributed by atoms with E-state index in [9.17, 15) is 14.7 Å². The summed E-state index contributed by atoms with van der Waals surface area (Å²) in [6.45, 7) is 12.3. The van der Waals surface area contributed by atoms with Crippen molar-refractivity contribution in [3.8, 4) is 22.7 Å². The lowest BCUT2D eigenvalue weighted by molar-refractivity contribution is -0.127. The number of benzene rings is 1. The third kappa shape index (κ3) is 4.50. The zero-order valence-electron chi connectivity index (χ0n) is 24.2. The van der Waals surface area contributed by atoms with Gasteiger partial charge in [-0.25, -0.2) is 18.7 Å². The number of phenolic OH excluding ortho intramolecular Hbond substituents is 1. The summed E-state index contributed by atoms with van der Waals surface area (Å²) in [7, 11) is 0. The molecule has 222 valence electrons. The lowest BCUT2D eigenvalue weighted by Crippen LogP contribution is -2.61. The maximum Gasteiger partial charge on any atom is 0.355 e. The van der Waals surface area contributed by atoms with E-state index in [0.717, 1.165) is 5.56 Å². The van der Waals surface area contributed by atoms with Gasteiger partial charge in [0, 0.05) is 31.9 Å². The summed E-state index contributed by atoms with van der Waals surface area (Å²) in [5.74, 6) is -1.00. The molecular weight excluding hydrogens is 573 g/mol. The molecule has 43 heavy (non-hydrogen) atoms. The van der Waals surface area contributed by atoms with Crippen LogP contribution in [0.25, 0.3) is 28.0 Å². The normalized spacial score (nSPS) is 17.9. The number of pyridine rings is 2. The Balaban J connectivity index is 1.73. The standard InChI is InChI=1S/C31H31ClFN7O3/c1-6-21(42)38-13-17(5)39-18(14-38)12-35-26-23-29(36-27(24(26)33)22-19(32)8-7-9-20(22)41)40(31(43)37-30(23)39)28-16(4)10-11-34-25(28)15(2)3/h6-11,15,17-18,35,41H,1,12-14H2,2-5H3. The first-order valence-electron chi connectivity index (χ1n) is 14.1. The molecule has 2 aliphatic rings.